The first-order valence-corrected chi connectivity index (χ1v) is 4.54. The van der Waals surface area contributed by atoms with Crippen molar-refractivity contribution in [3.8, 4) is 0 Å². The molecule has 1 aromatic carbocycles. The Kier molecular flexibility index (Phi) is 1.87. The molecule has 0 saturated heterocycles. The molecular weight excluding hydrogens is 170 g/mol. The minimum Gasteiger partial charge on any atom is -0.303 e. The van der Waals surface area contributed by atoms with E-state index in [1.54, 1.807) is 11.3 Å². The molecule has 0 aliphatic carbocycles. The molecule has 2 aromatic rings. The number of hydrogen-bond acceptors (Lipinski definition) is 3. The van der Waals surface area contributed by atoms with Crippen LogP contribution in [0.1, 0.15) is 5.56 Å². The van der Waals surface area contributed by atoms with Crippen LogP contribution in [0.5, 0.6) is 0 Å². The van der Waals surface area contributed by atoms with E-state index < -0.39 is 0 Å². The predicted molar refractivity (Wildman–Crippen MR) is 49.4 cm³/mol. The highest BCUT2D eigenvalue weighted by Crippen LogP contribution is 2.18. The van der Waals surface area contributed by atoms with E-state index >= 15 is 0 Å². The number of carbonyl (C=O) groups is 1. The van der Waals surface area contributed by atoms with Crippen LogP contribution >= 0.6 is 11.3 Å². The maximum atomic E-state index is 10.2. The van der Waals surface area contributed by atoms with Gasteiger partial charge in [0, 0.05) is 6.42 Å². The lowest BCUT2D eigenvalue weighted by Gasteiger charge is -1.92. The maximum Gasteiger partial charge on any atom is 0.124 e. The van der Waals surface area contributed by atoms with Gasteiger partial charge in [-0.05, 0) is 17.7 Å². The second-order valence-corrected chi connectivity index (χ2v) is 3.41. The quantitative estimate of drug-likeness (QED) is 0.657. The number of aromatic nitrogens is 1. The SMILES string of the molecule is O=CCc1ccc2scnc2c1. The summed E-state index contributed by atoms with van der Waals surface area (Å²) < 4.78 is 1.17. The summed E-state index contributed by atoms with van der Waals surface area (Å²) in [6, 6.07) is 5.93. The zero-order valence-corrected chi connectivity index (χ0v) is 7.17. The van der Waals surface area contributed by atoms with Crippen LogP contribution in [0.4, 0.5) is 0 Å². The fourth-order valence-corrected chi connectivity index (χ4v) is 1.79. The summed E-state index contributed by atoms with van der Waals surface area (Å²) in [5.41, 5.74) is 3.83. The van der Waals surface area contributed by atoms with Crippen molar-refractivity contribution in [3.05, 3.63) is 29.3 Å². The molecule has 60 valence electrons. The highest BCUT2D eigenvalue weighted by molar-refractivity contribution is 7.16. The number of benzene rings is 1. The Morgan fingerprint density at radius 2 is 2.42 bits per heavy atom. The minimum atomic E-state index is 0.480. The van der Waals surface area contributed by atoms with E-state index in [-0.39, 0.29) is 0 Å². The Morgan fingerprint density at radius 1 is 1.50 bits per heavy atom. The van der Waals surface area contributed by atoms with Gasteiger partial charge < -0.3 is 4.79 Å². The van der Waals surface area contributed by atoms with E-state index in [1.165, 1.54) is 4.70 Å². The van der Waals surface area contributed by atoms with Crippen molar-refractivity contribution in [1.29, 1.82) is 0 Å². The lowest BCUT2D eigenvalue weighted by Crippen LogP contribution is -1.84. The summed E-state index contributed by atoms with van der Waals surface area (Å²) in [7, 11) is 0. The molecule has 12 heavy (non-hydrogen) atoms. The van der Waals surface area contributed by atoms with Gasteiger partial charge in [0.1, 0.15) is 6.29 Å². The summed E-state index contributed by atoms with van der Waals surface area (Å²) >= 11 is 1.61. The zero-order chi connectivity index (χ0) is 8.39. The van der Waals surface area contributed by atoms with Crippen molar-refractivity contribution in [1.82, 2.24) is 4.98 Å². The van der Waals surface area contributed by atoms with Crippen molar-refractivity contribution in [2.24, 2.45) is 0 Å². The van der Waals surface area contributed by atoms with Gasteiger partial charge in [0.15, 0.2) is 0 Å². The molecule has 0 aliphatic heterocycles. The molecule has 0 aliphatic rings. The molecule has 0 bridgehead atoms. The molecule has 0 amide bonds. The molecule has 1 heterocycles. The lowest BCUT2D eigenvalue weighted by molar-refractivity contribution is -0.107. The fraction of sp³-hybridized carbons (Fsp3) is 0.111. The number of nitrogens with zero attached hydrogens (tertiary/aromatic N) is 1. The molecule has 0 spiro atoms. The largest absolute Gasteiger partial charge is 0.303 e. The topological polar surface area (TPSA) is 30.0 Å². The fourth-order valence-electron chi connectivity index (χ4n) is 1.13. The third-order valence-corrected chi connectivity index (χ3v) is 2.52. The first-order chi connectivity index (χ1) is 5.90. The van der Waals surface area contributed by atoms with Gasteiger partial charge >= 0.3 is 0 Å². The molecule has 3 heteroatoms. The van der Waals surface area contributed by atoms with E-state index in [1.807, 2.05) is 23.7 Å². The van der Waals surface area contributed by atoms with Gasteiger partial charge in [0.25, 0.3) is 0 Å². The van der Waals surface area contributed by atoms with Crippen molar-refractivity contribution >= 4 is 27.8 Å². The number of aldehydes is 1. The first-order valence-electron chi connectivity index (χ1n) is 3.66. The number of thiazole rings is 1. The second kappa shape index (κ2) is 3.03. The van der Waals surface area contributed by atoms with Gasteiger partial charge in [-0.2, -0.15) is 0 Å². The van der Waals surface area contributed by atoms with Gasteiger partial charge in [-0.3, -0.25) is 0 Å². The summed E-state index contributed by atoms with van der Waals surface area (Å²) in [6.45, 7) is 0. The smallest absolute Gasteiger partial charge is 0.124 e. The van der Waals surface area contributed by atoms with Gasteiger partial charge in [-0.15, -0.1) is 11.3 Å². The van der Waals surface area contributed by atoms with E-state index in [4.69, 9.17) is 0 Å². The summed E-state index contributed by atoms with van der Waals surface area (Å²) in [5, 5.41) is 0. The van der Waals surface area contributed by atoms with Crippen LogP contribution in [-0.2, 0) is 11.2 Å². The Hall–Kier alpha value is -1.22. The van der Waals surface area contributed by atoms with Crippen LogP contribution in [0, 0.1) is 0 Å². The third kappa shape index (κ3) is 1.23. The second-order valence-electron chi connectivity index (χ2n) is 2.53. The molecule has 0 N–H and O–H groups in total. The Labute approximate surface area is 73.9 Å². The van der Waals surface area contributed by atoms with Crippen LogP contribution < -0.4 is 0 Å². The maximum absolute atomic E-state index is 10.2. The molecule has 0 atom stereocenters. The van der Waals surface area contributed by atoms with Gasteiger partial charge in [-0.1, -0.05) is 6.07 Å². The van der Waals surface area contributed by atoms with Gasteiger partial charge in [0.05, 0.1) is 15.7 Å². The van der Waals surface area contributed by atoms with Crippen LogP contribution in [0.15, 0.2) is 23.7 Å². The van der Waals surface area contributed by atoms with Crippen molar-refractivity contribution in [2.45, 2.75) is 6.42 Å². The number of carbonyl (C=O) groups excluding carboxylic acids is 1. The van der Waals surface area contributed by atoms with E-state index in [0.29, 0.717) is 6.42 Å². The Morgan fingerprint density at radius 3 is 3.25 bits per heavy atom. The highest BCUT2D eigenvalue weighted by Gasteiger charge is 1.97. The number of hydrogen-bond donors (Lipinski definition) is 0. The van der Waals surface area contributed by atoms with Crippen molar-refractivity contribution in [3.63, 3.8) is 0 Å². The minimum absolute atomic E-state index is 0.480. The van der Waals surface area contributed by atoms with E-state index in [0.717, 1.165) is 17.4 Å². The van der Waals surface area contributed by atoms with Crippen molar-refractivity contribution in [2.75, 3.05) is 0 Å². The Balaban J connectivity index is 2.52. The molecule has 2 rings (SSSR count). The Bertz CT molecular complexity index is 408. The van der Waals surface area contributed by atoms with E-state index in [9.17, 15) is 4.79 Å². The first kappa shape index (κ1) is 7.43. The molecule has 0 saturated carbocycles. The normalized spacial score (nSPS) is 10.3. The van der Waals surface area contributed by atoms with E-state index in [2.05, 4.69) is 4.98 Å². The summed E-state index contributed by atoms with van der Waals surface area (Å²) in [5.74, 6) is 0. The summed E-state index contributed by atoms with van der Waals surface area (Å²) in [4.78, 5) is 14.4. The van der Waals surface area contributed by atoms with Gasteiger partial charge in [0.2, 0.25) is 0 Å². The molecule has 0 radical (unpaired) electrons. The van der Waals surface area contributed by atoms with Gasteiger partial charge in [-0.25, -0.2) is 4.98 Å². The highest BCUT2D eigenvalue weighted by atomic mass is 32.1. The van der Waals surface area contributed by atoms with Crippen LogP contribution in [0.25, 0.3) is 10.2 Å². The van der Waals surface area contributed by atoms with Crippen LogP contribution in [0.2, 0.25) is 0 Å². The predicted octanol–water partition coefficient (Wildman–Crippen LogP) is 2.04. The third-order valence-electron chi connectivity index (χ3n) is 1.71. The van der Waals surface area contributed by atoms with Crippen molar-refractivity contribution < 1.29 is 4.79 Å². The average Bonchev–Trinajstić information content (AvgIpc) is 2.51. The zero-order valence-electron chi connectivity index (χ0n) is 6.36. The molecule has 2 nitrogen and oxygen atoms in total. The molecular formula is C9H7NOS. The molecule has 0 fully saturated rings. The summed E-state index contributed by atoms with van der Waals surface area (Å²) in [6.07, 6.45) is 1.39. The lowest BCUT2D eigenvalue weighted by atomic mass is 10.1. The number of fused-ring (bicyclic) bond motifs is 1. The average molecular weight is 177 g/mol. The molecule has 0 unspecified atom stereocenters. The number of rotatable bonds is 2. The van der Waals surface area contributed by atoms with Crippen LogP contribution in [-0.4, -0.2) is 11.3 Å². The standard InChI is InChI=1S/C9H7NOS/c11-4-3-7-1-2-9-8(5-7)10-6-12-9/h1-2,4-6H,3H2. The monoisotopic (exact) mass is 177 g/mol. The van der Waals surface area contributed by atoms with Crippen LogP contribution in [0.3, 0.4) is 0 Å². The molecule has 1 aromatic heterocycles.